The van der Waals surface area contributed by atoms with Gasteiger partial charge < -0.3 is 10.2 Å². The van der Waals surface area contributed by atoms with Crippen molar-refractivity contribution in [1.82, 2.24) is 10.2 Å². The maximum absolute atomic E-state index is 3.76. The molecule has 0 radical (unpaired) electrons. The summed E-state index contributed by atoms with van der Waals surface area (Å²) in [6.45, 7) is 4.76. The van der Waals surface area contributed by atoms with Crippen LogP contribution in [0.4, 0.5) is 0 Å². The fourth-order valence-electron chi connectivity index (χ4n) is 2.60. The van der Waals surface area contributed by atoms with Gasteiger partial charge in [-0.1, -0.05) is 30.3 Å². The van der Waals surface area contributed by atoms with E-state index in [9.17, 15) is 0 Å². The van der Waals surface area contributed by atoms with E-state index >= 15 is 0 Å². The van der Waals surface area contributed by atoms with Crippen LogP contribution < -0.4 is 5.32 Å². The van der Waals surface area contributed by atoms with Crippen LogP contribution in [0.25, 0.3) is 0 Å². The molecule has 2 heteroatoms. The zero-order chi connectivity index (χ0) is 12.1. The van der Waals surface area contributed by atoms with E-state index in [4.69, 9.17) is 0 Å². The molecule has 1 aromatic rings. The van der Waals surface area contributed by atoms with Crippen molar-refractivity contribution in [2.75, 3.05) is 20.1 Å². The third-order valence-corrected chi connectivity index (χ3v) is 3.62. The molecule has 1 saturated heterocycles. The van der Waals surface area contributed by atoms with E-state index in [-0.39, 0.29) is 0 Å². The first kappa shape index (κ1) is 12.6. The van der Waals surface area contributed by atoms with Gasteiger partial charge in [0, 0.05) is 12.1 Å². The van der Waals surface area contributed by atoms with Crippen molar-refractivity contribution in [2.45, 2.75) is 38.3 Å². The molecule has 0 spiro atoms. The minimum atomic E-state index is 0.575. The summed E-state index contributed by atoms with van der Waals surface area (Å²) in [5, 5.41) is 3.76. The highest BCUT2D eigenvalue weighted by Gasteiger charge is 2.17. The predicted molar refractivity (Wildman–Crippen MR) is 73.3 cm³/mol. The van der Waals surface area contributed by atoms with Gasteiger partial charge in [-0.15, -0.1) is 0 Å². The Hall–Kier alpha value is -0.860. The number of benzene rings is 1. The molecule has 0 bridgehead atoms. The Morgan fingerprint density at radius 1 is 1.24 bits per heavy atom. The van der Waals surface area contributed by atoms with Crippen molar-refractivity contribution in [3.8, 4) is 0 Å². The number of nitrogens with zero attached hydrogens (tertiary/aromatic N) is 1. The Morgan fingerprint density at radius 2 is 1.88 bits per heavy atom. The lowest BCUT2D eigenvalue weighted by Crippen LogP contribution is -2.44. The monoisotopic (exact) mass is 232 g/mol. The lowest BCUT2D eigenvalue weighted by Gasteiger charge is -2.31. The zero-order valence-corrected chi connectivity index (χ0v) is 11.0. The van der Waals surface area contributed by atoms with Crippen molar-refractivity contribution in [3.63, 3.8) is 0 Å². The maximum Gasteiger partial charge on any atom is 0.00940 e. The van der Waals surface area contributed by atoms with E-state index in [2.05, 4.69) is 54.5 Å². The number of piperidine rings is 1. The van der Waals surface area contributed by atoms with Crippen LogP contribution in [0.5, 0.6) is 0 Å². The quantitative estimate of drug-likeness (QED) is 0.857. The van der Waals surface area contributed by atoms with Crippen LogP contribution in [0.2, 0.25) is 0 Å². The molecular formula is C15H24N2. The van der Waals surface area contributed by atoms with Crippen LogP contribution in [0.1, 0.15) is 25.3 Å². The van der Waals surface area contributed by atoms with Gasteiger partial charge in [-0.2, -0.15) is 0 Å². The SMILES string of the molecule is CC(Cc1ccccc1)NC1CCN(C)CC1. The summed E-state index contributed by atoms with van der Waals surface area (Å²) < 4.78 is 0. The molecule has 0 saturated carbocycles. The van der Waals surface area contributed by atoms with Gasteiger partial charge in [0.25, 0.3) is 0 Å². The Balaban J connectivity index is 1.76. The van der Waals surface area contributed by atoms with Crippen LogP contribution in [-0.2, 0) is 6.42 Å². The molecule has 1 N–H and O–H groups in total. The molecule has 0 aliphatic carbocycles. The average Bonchev–Trinajstić information content (AvgIpc) is 2.33. The van der Waals surface area contributed by atoms with E-state index in [1.807, 2.05) is 0 Å². The first-order chi connectivity index (χ1) is 8.24. The van der Waals surface area contributed by atoms with E-state index in [1.54, 1.807) is 0 Å². The zero-order valence-electron chi connectivity index (χ0n) is 11.0. The molecule has 1 unspecified atom stereocenters. The van der Waals surface area contributed by atoms with Gasteiger partial charge in [0.2, 0.25) is 0 Å². The standard InChI is InChI=1S/C15H24N2/c1-13(12-14-6-4-3-5-7-14)16-15-8-10-17(2)11-9-15/h3-7,13,15-16H,8-12H2,1-2H3. The summed E-state index contributed by atoms with van der Waals surface area (Å²) in [5.41, 5.74) is 1.43. The average molecular weight is 232 g/mol. The van der Waals surface area contributed by atoms with Gasteiger partial charge in [0.05, 0.1) is 0 Å². The first-order valence-electron chi connectivity index (χ1n) is 6.72. The van der Waals surface area contributed by atoms with E-state index in [1.165, 1.54) is 31.5 Å². The Kier molecular flexibility index (Phi) is 4.57. The molecule has 0 amide bonds. The molecule has 2 rings (SSSR count). The first-order valence-corrected chi connectivity index (χ1v) is 6.72. The molecular weight excluding hydrogens is 208 g/mol. The van der Waals surface area contributed by atoms with E-state index < -0.39 is 0 Å². The van der Waals surface area contributed by atoms with Gasteiger partial charge in [-0.05, 0) is 51.9 Å². The smallest absolute Gasteiger partial charge is 0.00940 e. The second kappa shape index (κ2) is 6.18. The summed E-state index contributed by atoms with van der Waals surface area (Å²) >= 11 is 0. The summed E-state index contributed by atoms with van der Waals surface area (Å²) in [7, 11) is 2.21. The number of hydrogen-bond donors (Lipinski definition) is 1. The van der Waals surface area contributed by atoms with Crippen molar-refractivity contribution in [3.05, 3.63) is 35.9 Å². The second-order valence-corrected chi connectivity index (χ2v) is 5.33. The summed E-state index contributed by atoms with van der Waals surface area (Å²) in [6, 6.07) is 12.0. The fraction of sp³-hybridized carbons (Fsp3) is 0.600. The van der Waals surface area contributed by atoms with Crippen molar-refractivity contribution >= 4 is 0 Å². The summed E-state index contributed by atoms with van der Waals surface area (Å²) in [6.07, 6.45) is 3.71. The van der Waals surface area contributed by atoms with Gasteiger partial charge in [0.1, 0.15) is 0 Å². The number of hydrogen-bond acceptors (Lipinski definition) is 2. The highest BCUT2D eigenvalue weighted by Crippen LogP contribution is 2.10. The molecule has 17 heavy (non-hydrogen) atoms. The minimum absolute atomic E-state index is 0.575. The highest BCUT2D eigenvalue weighted by atomic mass is 15.1. The van der Waals surface area contributed by atoms with E-state index in [0.717, 1.165) is 6.42 Å². The molecule has 2 nitrogen and oxygen atoms in total. The Morgan fingerprint density at radius 3 is 2.53 bits per heavy atom. The lowest BCUT2D eigenvalue weighted by molar-refractivity contribution is 0.226. The van der Waals surface area contributed by atoms with Crippen molar-refractivity contribution in [1.29, 1.82) is 0 Å². The molecule has 1 atom stereocenters. The topological polar surface area (TPSA) is 15.3 Å². The third kappa shape index (κ3) is 4.14. The predicted octanol–water partition coefficient (Wildman–Crippen LogP) is 2.30. The number of likely N-dealkylation sites (tertiary alicyclic amines) is 1. The van der Waals surface area contributed by atoms with Crippen LogP contribution in [0.15, 0.2) is 30.3 Å². The third-order valence-electron chi connectivity index (χ3n) is 3.62. The molecule has 1 aromatic carbocycles. The molecule has 1 fully saturated rings. The van der Waals surface area contributed by atoms with Crippen LogP contribution in [-0.4, -0.2) is 37.1 Å². The summed E-state index contributed by atoms with van der Waals surface area (Å²) in [4.78, 5) is 2.42. The second-order valence-electron chi connectivity index (χ2n) is 5.33. The molecule has 94 valence electrons. The Bertz CT molecular complexity index is 315. The maximum atomic E-state index is 3.76. The van der Waals surface area contributed by atoms with Gasteiger partial charge in [-0.3, -0.25) is 0 Å². The molecule has 1 heterocycles. The number of nitrogens with one attached hydrogen (secondary N) is 1. The van der Waals surface area contributed by atoms with Crippen LogP contribution >= 0.6 is 0 Å². The van der Waals surface area contributed by atoms with Gasteiger partial charge in [0.15, 0.2) is 0 Å². The van der Waals surface area contributed by atoms with Crippen molar-refractivity contribution < 1.29 is 0 Å². The lowest BCUT2D eigenvalue weighted by atomic mass is 10.0. The number of rotatable bonds is 4. The molecule has 1 aliphatic rings. The summed E-state index contributed by atoms with van der Waals surface area (Å²) in [5.74, 6) is 0. The van der Waals surface area contributed by atoms with Gasteiger partial charge >= 0.3 is 0 Å². The largest absolute Gasteiger partial charge is 0.311 e. The highest BCUT2D eigenvalue weighted by molar-refractivity contribution is 5.15. The van der Waals surface area contributed by atoms with Crippen molar-refractivity contribution in [2.24, 2.45) is 0 Å². The normalized spacial score (nSPS) is 20.4. The molecule has 1 aliphatic heterocycles. The Labute approximate surface area is 105 Å². The van der Waals surface area contributed by atoms with Crippen LogP contribution in [0, 0.1) is 0 Å². The van der Waals surface area contributed by atoms with Crippen LogP contribution in [0.3, 0.4) is 0 Å². The van der Waals surface area contributed by atoms with Gasteiger partial charge in [-0.25, -0.2) is 0 Å². The van der Waals surface area contributed by atoms with E-state index in [0.29, 0.717) is 12.1 Å². The minimum Gasteiger partial charge on any atom is -0.311 e. The molecule has 0 aromatic heterocycles. The fourth-order valence-corrected chi connectivity index (χ4v) is 2.60.